The molecule has 2 heterocycles. The summed E-state index contributed by atoms with van der Waals surface area (Å²) in [4.78, 5) is 4.16. The van der Waals surface area contributed by atoms with Gasteiger partial charge in [0.2, 0.25) is 0 Å². The second kappa shape index (κ2) is 4.07. The van der Waals surface area contributed by atoms with E-state index in [1.54, 1.807) is 16.8 Å². The zero-order chi connectivity index (χ0) is 12.5. The number of aromatic hydroxyl groups is 1. The summed E-state index contributed by atoms with van der Waals surface area (Å²) < 4.78 is 1.58. The number of hydrogen-bond acceptors (Lipinski definition) is 4. The molecular formula is C12H11BN4O. The fourth-order valence-corrected chi connectivity index (χ4v) is 1.89. The molecule has 0 aliphatic heterocycles. The highest BCUT2D eigenvalue weighted by atomic mass is 16.3. The Labute approximate surface area is 105 Å². The minimum absolute atomic E-state index is 0.158. The third-order valence-corrected chi connectivity index (χ3v) is 2.71. The van der Waals surface area contributed by atoms with Gasteiger partial charge in [0.25, 0.3) is 0 Å². The Kier molecular flexibility index (Phi) is 2.41. The molecule has 0 amide bonds. The van der Waals surface area contributed by atoms with Gasteiger partial charge >= 0.3 is 0 Å². The van der Waals surface area contributed by atoms with Crippen LogP contribution in [0.2, 0.25) is 0 Å². The van der Waals surface area contributed by atoms with Gasteiger partial charge in [-0.2, -0.15) is 5.10 Å². The van der Waals surface area contributed by atoms with Crippen molar-refractivity contribution in [2.45, 2.75) is 0 Å². The van der Waals surface area contributed by atoms with E-state index in [0.717, 1.165) is 11.2 Å². The number of nitrogens with one attached hydrogen (secondary N) is 1. The number of aromatic nitrogens is 3. The Morgan fingerprint density at radius 2 is 2.17 bits per heavy atom. The van der Waals surface area contributed by atoms with Gasteiger partial charge in [-0.05, 0) is 12.1 Å². The van der Waals surface area contributed by atoms with Crippen LogP contribution in [0.1, 0.15) is 0 Å². The number of benzene rings is 1. The third-order valence-electron chi connectivity index (χ3n) is 2.71. The molecule has 0 spiro atoms. The molecule has 3 aromatic rings. The Hall–Kier alpha value is -2.50. The maximum atomic E-state index is 9.78. The molecule has 2 aromatic heterocycles. The van der Waals surface area contributed by atoms with Gasteiger partial charge in [-0.3, -0.25) is 0 Å². The quantitative estimate of drug-likeness (QED) is 0.636. The molecule has 0 atom stereocenters. The molecule has 2 N–H and O–H groups in total. The fraction of sp³-hybridized carbons (Fsp3) is 0. The lowest BCUT2D eigenvalue weighted by atomic mass is 9.96. The number of hydrogen-bond donors (Lipinski definition) is 2. The molecule has 5 nitrogen and oxygen atoms in total. The summed E-state index contributed by atoms with van der Waals surface area (Å²) in [6, 6.07) is 9.54. The molecule has 0 fully saturated rings. The van der Waals surface area contributed by atoms with Crippen molar-refractivity contribution in [1.29, 1.82) is 0 Å². The van der Waals surface area contributed by atoms with Gasteiger partial charge in [-0.15, -0.1) is 0 Å². The summed E-state index contributed by atoms with van der Waals surface area (Å²) in [5, 5.41) is 17.0. The Morgan fingerprint density at radius 1 is 1.28 bits per heavy atom. The summed E-state index contributed by atoms with van der Waals surface area (Å²) >= 11 is 0. The molecule has 88 valence electrons. The van der Waals surface area contributed by atoms with Crippen molar-refractivity contribution in [2.75, 3.05) is 5.32 Å². The zero-order valence-corrected chi connectivity index (χ0v) is 9.83. The van der Waals surface area contributed by atoms with Crippen molar-refractivity contribution in [2.24, 2.45) is 0 Å². The first-order chi connectivity index (χ1) is 8.74. The van der Waals surface area contributed by atoms with Gasteiger partial charge in [0, 0.05) is 18.0 Å². The van der Waals surface area contributed by atoms with Gasteiger partial charge in [0.15, 0.2) is 5.82 Å². The van der Waals surface area contributed by atoms with Crippen LogP contribution in [-0.2, 0) is 0 Å². The predicted octanol–water partition coefficient (Wildman–Crippen LogP) is 0.437. The molecule has 1 aromatic carbocycles. The Balaban J connectivity index is 2.07. The van der Waals surface area contributed by atoms with Crippen LogP contribution >= 0.6 is 0 Å². The van der Waals surface area contributed by atoms with E-state index in [9.17, 15) is 5.11 Å². The van der Waals surface area contributed by atoms with E-state index in [-0.39, 0.29) is 5.75 Å². The van der Waals surface area contributed by atoms with Crippen molar-refractivity contribution < 1.29 is 5.11 Å². The lowest BCUT2D eigenvalue weighted by Gasteiger charge is -2.07. The molecule has 0 aliphatic rings. The van der Waals surface area contributed by atoms with Crippen LogP contribution in [0.5, 0.6) is 5.75 Å². The topological polar surface area (TPSA) is 62.5 Å². The number of rotatable bonds is 2. The van der Waals surface area contributed by atoms with Crippen LogP contribution in [0.4, 0.5) is 11.5 Å². The van der Waals surface area contributed by atoms with E-state index >= 15 is 0 Å². The third kappa shape index (κ3) is 1.77. The van der Waals surface area contributed by atoms with Gasteiger partial charge in [0.1, 0.15) is 25.4 Å². The van der Waals surface area contributed by atoms with Gasteiger partial charge < -0.3 is 10.4 Å². The number of anilines is 2. The highest BCUT2D eigenvalue weighted by molar-refractivity contribution is 6.32. The Morgan fingerprint density at radius 3 is 3.00 bits per heavy atom. The largest absolute Gasteiger partial charge is 0.505 e. The van der Waals surface area contributed by atoms with Crippen molar-refractivity contribution >= 4 is 30.3 Å². The van der Waals surface area contributed by atoms with Crippen molar-refractivity contribution in [3.8, 4) is 5.75 Å². The molecule has 0 aliphatic carbocycles. The zero-order valence-electron chi connectivity index (χ0n) is 9.83. The van der Waals surface area contributed by atoms with Gasteiger partial charge in [0.05, 0.1) is 0 Å². The number of nitrogens with zero attached hydrogens (tertiary/aromatic N) is 3. The van der Waals surface area contributed by atoms with Crippen LogP contribution in [0.15, 0.2) is 42.9 Å². The van der Waals surface area contributed by atoms with Crippen LogP contribution < -0.4 is 10.8 Å². The van der Waals surface area contributed by atoms with E-state index in [2.05, 4.69) is 15.4 Å². The molecule has 6 heteroatoms. The van der Waals surface area contributed by atoms with E-state index in [1.807, 2.05) is 32.1 Å². The summed E-state index contributed by atoms with van der Waals surface area (Å²) in [6.07, 6.45) is 3.14. The van der Waals surface area contributed by atoms with Crippen LogP contribution in [0.25, 0.3) is 5.52 Å². The second-order valence-corrected chi connectivity index (χ2v) is 4.10. The monoisotopic (exact) mass is 238 g/mol. The van der Waals surface area contributed by atoms with E-state index in [0.29, 0.717) is 11.3 Å². The minimum Gasteiger partial charge on any atom is -0.505 e. The smallest absolute Gasteiger partial charge is 0.162 e. The Bertz CT molecular complexity index is 710. The molecule has 0 unspecified atom stereocenters. The summed E-state index contributed by atoms with van der Waals surface area (Å²) in [7, 11) is 2.02. The minimum atomic E-state index is 0.158. The molecule has 0 radical (unpaired) electrons. The standard InChI is InChI=1S/C12H11BN4O/c13-8-2-1-3-9(6-8)16-12-11-10(18)4-5-17(11)15-7-14-12/h1-7,18H,13H2,(H,14,15,16). The van der Waals surface area contributed by atoms with Crippen molar-refractivity contribution in [3.05, 3.63) is 42.9 Å². The van der Waals surface area contributed by atoms with Gasteiger partial charge in [-0.25, -0.2) is 9.50 Å². The van der Waals surface area contributed by atoms with Crippen LogP contribution in [0.3, 0.4) is 0 Å². The molecular weight excluding hydrogens is 227 g/mol. The highest BCUT2D eigenvalue weighted by Crippen LogP contribution is 2.26. The van der Waals surface area contributed by atoms with Gasteiger partial charge in [-0.1, -0.05) is 17.6 Å². The highest BCUT2D eigenvalue weighted by Gasteiger charge is 2.09. The lowest BCUT2D eigenvalue weighted by Crippen LogP contribution is -2.04. The van der Waals surface area contributed by atoms with E-state index in [4.69, 9.17) is 0 Å². The summed E-state index contributed by atoms with van der Waals surface area (Å²) in [5.74, 6) is 0.740. The SMILES string of the molecule is Bc1cccc(Nc2ncnn3ccc(O)c23)c1. The predicted molar refractivity (Wildman–Crippen MR) is 72.6 cm³/mol. The first-order valence-electron chi connectivity index (χ1n) is 5.59. The van der Waals surface area contributed by atoms with Crippen LogP contribution in [0, 0.1) is 0 Å². The van der Waals surface area contributed by atoms with E-state index < -0.39 is 0 Å². The normalized spacial score (nSPS) is 10.7. The summed E-state index contributed by atoms with van der Waals surface area (Å²) in [6.45, 7) is 0. The van der Waals surface area contributed by atoms with Crippen LogP contribution in [-0.4, -0.2) is 27.6 Å². The van der Waals surface area contributed by atoms with Crippen molar-refractivity contribution in [3.63, 3.8) is 0 Å². The van der Waals surface area contributed by atoms with Crippen molar-refractivity contribution in [1.82, 2.24) is 14.6 Å². The molecule has 0 bridgehead atoms. The second-order valence-electron chi connectivity index (χ2n) is 4.10. The molecule has 18 heavy (non-hydrogen) atoms. The fourth-order valence-electron chi connectivity index (χ4n) is 1.89. The van der Waals surface area contributed by atoms with E-state index in [1.165, 1.54) is 6.33 Å². The first kappa shape index (κ1) is 10.6. The lowest BCUT2D eigenvalue weighted by molar-refractivity contribution is 0.481. The molecule has 0 saturated heterocycles. The maximum Gasteiger partial charge on any atom is 0.162 e. The number of fused-ring (bicyclic) bond motifs is 1. The summed E-state index contributed by atoms with van der Waals surface area (Å²) in [5.41, 5.74) is 2.65. The average Bonchev–Trinajstić information content (AvgIpc) is 2.72. The average molecular weight is 238 g/mol. The maximum absolute atomic E-state index is 9.78. The first-order valence-corrected chi connectivity index (χ1v) is 5.59. The molecule has 3 rings (SSSR count). The molecule has 0 saturated carbocycles.